The summed E-state index contributed by atoms with van der Waals surface area (Å²) in [6.07, 6.45) is 0. The fourth-order valence-electron chi connectivity index (χ4n) is 1.09. The second kappa shape index (κ2) is 4.91. The monoisotopic (exact) mass is 195 g/mol. The highest BCUT2D eigenvalue weighted by molar-refractivity contribution is 5.34. The molecule has 0 saturated carbocycles. The summed E-state index contributed by atoms with van der Waals surface area (Å²) in [6.45, 7) is 6.10. The zero-order valence-electron chi connectivity index (χ0n) is 8.86. The van der Waals surface area contributed by atoms with Crippen LogP contribution in [0.25, 0.3) is 0 Å². The van der Waals surface area contributed by atoms with Crippen LogP contribution in [0, 0.1) is 12.8 Å². The Morgan fingerprint density at radius 2 is 2.07 bits per heavy atom. The minimum atomic E-state index is 0.0343. The van der Waals surface area contributed by atoms with Gasteiger partial charge in [-0.3, -0.25) is 0 Å². The van der Waals surface area contributed by atoms with E-state index in [0.29, 0.717) is 11.7 Å². The van der Waals surface area contributed by atoms with Crippen molar-refractivity contribution in [3.8, 4) is 0 Å². The summed E-state index contributed by atoms with van der Waals surface area (Å²) in [7, 11) is 0. The number of nitrogens with one attached hydrogen (secondary N) is 1. The van der Waals surface area contributed by atoms with E-state index in [-0.39, 0.29) is 12.6 Å². The van der Waals surface area contributed by atoms with Crippen LogP contribution < -0.4 is 5.32 Å². The summed E-state index contributed by atoms with van der Waals surface area (Å²) in [5.74, 6) is 1.08. The summed E-state index contributed by atoms with van der Waals surface area (Å²) < 4.78 is 0. The maximum Gasteiger partial charge on any atom is 0.148 e. The molecule has 0 aromatic carbocycles. The lowest BCUT2D eigenvalue weighted by Crippen LogP contribution is -2.29. The van der Waals surface area contributed by atoms with Crippen LogP contribution in [-0.2, 0) is 0 Å². The Hall–Kier alpha value is -1.16. The second-order valence-electron chi connectivity index (χ2n) is 3.74. The van der Waals surface area contributed by atoms with Gasteiger partial charge in [-0.1, -0.05) is 13.8 Å². The predicted octanol–water partition coefficient (Wildman–Crippen LogP) is 1.21. The summed E-state index contributed by atoms with van der Waals surface area (Å²) >= 11 is 0. The van der Waals surface area contributed by atoms with Gasteiger partial charge in [-0.25, -0.2) is 0 Å². The zero-order chi connectivity index (χ0) is 10.6. The molecule has 1 aromatic rings. The van der Waals surface area contributed by atoms with Gasteiger partial charge in [0.1, 0.15) is 5.82 Å². The predicted molar refractivity (Wildman–Crippen MR) is 56.1 cm³/mol. The van der Waals surface area contributed by atoms with Crippen molar-refractivity contribution in [3.63, 3.8) is 0 Å². The fraction of sp³-hybridized carbons (Fsp3) is 0.600. The largest absolute Gasteiger partial charge is 0.394 e. The number of aliphatic hydroxyl groups excluding tert-OH is 1. The van der Waals surface area contributed by atoms with Crippen LogP contribution in [0.5, 0.6) is 0 Å². The van der Waals surface area contributed by atoms with E-state index < -0.39 is 0 Å². The maximum atomic E-state index is 9.10. The molecule has 0 aliphatic carbocycles. The van der Waals surface area contributed by atoms with Crippen molar-refractivity contribution in [1.29, 1.82) is 0 Å². The highest BCUT2D eigenvalue weighted by Crippen LogP contribution is 2.08. The Labute approximate surface area is 84.4 Å². The van der Waals surface area contributed by atoms with Crippen LogP contribution in [0.2, 0.25) is 0 Å². The maximum absolute atomic E-state index is 9.10. The molecule has 1 aromatic heterocycles. The van der Waals surface area contributed by atoms with Gasteiger partial charge in [0, 0.05) is 0 Å². The molecule has 0 spiro atoms. The minimum Gasteiger partial charge on any atom is -0.394 e. The minimum absolute atomic E-state index is 0.0343. The lowest BCUT2D eigenvalue weighted by molar-refractivity contribution is 0.249. The number of aryl methyl sites for hydroxylation is 1. The van der Waals surface area contributed by atoms with Gasteiger partial charge in [0.25, 0.3) is 0 Å². The van der Waals surface area contributed by atoms with Gasteiger partial charge in [0.05, 0.1) is 18.3 Å². The number of hydrogen-bond acceptors (Lipinski definition) is 4. The Morgan fingerprint density at radius 3 is 2.50 bits per heavy atom. The van der Waals surface area contributed by atoms with Gasteiger partial charge in [0.15, 0.2) is 0 Å². The molecule has 0 aliphatic heterocycles. The third-order valence-corrected chi connectivity index (χ3v) is 2.13. The first kappa shape index (κ1) is 10.9. The molecule has 0 saturated heterocycles. The number of nitrogens with zero attached hydrogens (tertiary/aromatic N) is 2. The molecule has 0 amide bonds. The molecule has 4 nitrogen and oxygen atoms in total. The lowest BCUT2D eigenvalue weighted by atomic mass is 10.1. The fourth-order valence-corrected chi connectivity index (χ4v) is 1.09. The molecule has 0 bridgehead atoms. The summed E-state index contributed by atoms with van der Waals surface area (Å²) in [5.41, 5.74) is 0.889. The van der Waals surface area contributed by atoms with E-state index in [1.54, 1.807) is 0 Å². The topological polar surface area (TPSA) is 58.0 Å². The molecule has 0 radical (unpaired) electrons. The van der Waals surface area contributed by atoms with Crippen molar-refractivity contribution in [2.45, 2.75) is 26.8 Å². The van der Waals surface area contributed by atoms with Crippen LogP contribution in [0.4, 0.5) is 5.82 Å². The number of rotatable bonds is 4. The third-order valence-electron chi connectivity index (χ3n) is 2.13. The van der Waals surface area contributed by atoms with Crippen molar-refractivity contribution in [1.82, 2.24) is 10.2 Å². The standard InChI is InChI=1S/C10H17N3O/c1-7(2)9(6-14)11-10-5-4-8(3)12-13-10/h4-5,7,9,14H,6H2,1-3H3,(H,11,13)/t9-/m1/s1. The first-order valence-electron chi connectivity index (χ1n) is 4.81. The van der Waals surface area contributed by atoms with E-state index in [4.69, 9.17) is 5.11 Å². The average Bonchev–Trinajstić information content (AvgIpc) is 2.16. The third kappa shape index (κ3) is 2.96. The van der Waals surface area contributed by atoms with Gasteiger partial charge >= 0.3 is 0 Å². The lowest BCUT2D eigenvalue weighted by Gasteiger charge is -2.19. The Morgan fingerprint density at radius 1 is 1.36 bits per heavy atom. The number of anilines is 1. The van der Waals surface area contributed by atoms with E-state index in [9.17, 15) is 0 Å². The van der Waals surface area contributed by atoms with Crippen LogP contribution in [0.15, 0.2) is 12.1 Å². The van der Waals surface area contributed by atoms with E-state index in [0.717, 1.165) is 5.69 Å². The average molecular weight is 195 g/mol. The van der Waals surface area contributed by atoms with Gasteiger partial charge < -0.3 is 10.4 Å². The Kier molecular flexibility index (Phi) is 3.83. The van der Waals surface area contributed by atoms with E-state index in [1.165, 1.54) is 0 Å². The second-order valence-corrected chi connectivity index (χ2v) is 3.74. The number of hydrogen-bond donors (Lipinski definition) is 2. The van der Waals surface area contributed by atoms with Crippen molar-refractivity contribution in [2.24, 2.45) is 5.92 Å². The Bertz CT molecular complexity index is 271. The zero-order valence-corrected chi connectivity index (χ0v) is 8.86. The van der Waals surface area contributed by atoms with Crippen molar-refractivity contribution < 1.29 is 5.11 Å². The molecule has 1 rings (SSSR count). The van der Waals surface area contributed by atoms with Gasteiger partial charge in [-0.2, -0.15) is 5.10 Å². The molecular formula is C10H17N3O. The van der Waals surface area contributed by atoms with Gasteiger partial charge in [-0.05, 0) is 25.0 Å². The molecule has 78 valence electrons. The Balaban J connectivity index is 2.63. The number of aromatic nitrogens is 2. The summed E-state index contributed by atoms with van der Waals surface area (Å²) in [5, 5.41) is 20.1. The number of aliphatic hydroxyl groups is 1. The molecule has 1 atom stereocenters. The summed E-state index contributed by atoms with van der Waals surface area (Å²) in [6, 6.07) is 3.80. The van der Waals surface area contributed by atoms with Crippen molar-refractivity contribution in [2.75, 3.05) is 11.9 Å². The SMILES string of the molecule is Cc1ccc(N[C@H](CO)C(C)C)nn1. The first-order chi connectivity index (χ1) is 6.63. The molecule has 0 unspecified atom stereocenters. The molecule has 0 fully saturated rings. The van der Waals surface area contributed by atoms with Crippen LogP contribution in [-0.4, -0.2) is 28.0 Å². The van der Waals surface area contributed by atoms with Crippen molar-refractivity contribution >= 4 is 5.82 Å². The summed E-state index contributed by atoms with van der Waals surface area (Å²) in [4.78, 5) is 0. The van der Waals surface area contributed by atoms with Gasteiger partial charge in [0.2, 0.25) is 0 Å². The molecule has 4 heteroatoms. The van der Waals surface area contributed by atoms with Crippen LogP contribution >= 0.6 is 0 Å². The van der Waals surface area contributed by atoms with E-state index in [2.05, 4.69) is 29.4 Å². The quantitative estimate of drug-likeness (QED) is 0.758. The highest BCUT2D eigenvalue weighted by Gasteiger charge is 2.11. The van der Waals surface area contributed by atoms with E-state index >= 15 is 0 Å². The van der Waals surface area contributed by atoms with Crippen LogP contribution in [0.1, 0.15) is 19.5 Å². The molecule has 0 aliphatic rings. The first-order valence-corrected chi connectivity index (χ1v) is 4.81. The van der Waals surface area contributed by atoms with Crippen molar-refractivity contribution in [3.05, 3.63) is 17.8 Å². The van der Waals surface area contributed by atoms with E-state index in [1.807, 2.05) is 19.1 Å². The molecular weight excluding hydrogens is 178 g/mol. The normalized spacial score (nSPS) is 12.9. The highest BCUT2D eigenvalue weighted by atomic mass is 16.3. The van der Waals surface area contributed by atoms with Crippen LogP contribution in [0.3, 0.4) is 0 Å². The van der Waals surface area contributed by atoms with Gasteiger partial charge in [-0.15, -0.1) is 5.10 Å². The molecule has 1 heterocycles. The smallest absolute Gasteiger partial charge is 0.148 e. The molecule has 2 N–H and O–H groups in total. The molecule has 14 heavy (non-hydrogen) atoms.